The number of aliphatic carboxylic acids is 1. The molecule has 0 radical (unpaired) electrons. The number of rotatable bonds is 4. The van der Waals surface area contributed by atoms with Crippen LogP contribution in [0.1, 0.15) is 5.56 Å². The van der Waals surface area contributed by atoms with Crippen molar-refractivity contribution < 1.29 is 19.4 Å². The van der Waals surface area contributed by atoms with Crippen molar-refractivity contribution in [3.63, 3.8) is 0 Å². The maximum absolute atomic E-state index is 12.1. The lowest BCUT2D eigenvalue weighted by molar-refractivity contribution is -0.140. The summed E-state index contributed by atoms with van der Waals surface area (Å²) in [5.74, 6) is -0.873. The Hall–Kier alpha value is -2.63. The summed E-state index contributed by atoms with van der Waals surface area (Å²) in [5.41, 5.74) is 1.22. The number of nitrogens with zero attached hydrogens (tertiary/aromatic N) is 3. The average Bonchev–Trinajstić information content (AvgIpc) is 2.95. The van der Waals surface area contributed by atoms with E-state index >= 15 is 0 Å². The molecular weight excluding hydrogens is 312 g/mol. The van der Waals surface area contributed by atoms with Crippen LogP contribution < -0.4 is 10.2 Å². The third-order valence-corrected chi connectivity index (χ3v) is 4.20. The zero-order valence-corrected chi connectivity index (χ0v) is 13.0. The number of amides is 1. The van der Waals surface area contributed by atoms with Gasteiger partial charge in [-0.1, -0.05) is 0 Å². The van der Waals surface area contributed by atoms with Crippen LogP contribution in [0.3, 0.4) is 0 Å². The predicted molar refractivity (Wildman–Crippen MR) is 84.6 cm³/mol. The summed E-state index contributed by atoms with van der Waals surface area (Å²) in [5, 5.41) is 20.9. The fourth-order valence-electron chi connectivity index (χ4n) is 2.97. The zero-order valence-electron chi connectivity index (χ0n) is 13.0. The molecule has 3 rings (SSSR count). The first-order valence-corrected chi connectivity index (χ1v) is 7.73. The molecule has 2 aliphatic rings. The highest BCUT2D eigenvalue weighted by molar-refractivity contribution is 5.89. The van der Waals surface area contributed by atoms with E-state index in [9.17, 15) is 9.59 Å². The summed E-state index contributed by atoms with van der Waals surface area (Å²) >= 11 is 0. The van der Waals surface area contributed by atoms with Crippen molar-refractivity contribution in [3.05, 3.63) is 29.8 Å². The summed E-state index contributed by atoms with van der Waals surface area (Å²) in [6.45, 7) is 2.61. The molecule has 2 unspecified atom stereocenters. The number of piperazine rings is 1. The van der Waals surface area contributed by atoms with Gasteiger partial charge >= 0.3 is 12.1 Å². The van der Waals surface area contributed by atoms with E-state index in [4.69, 9.17) is 15.1 Å². The Morgan fingerprint density at radius 3 is 2.79 bits per heavy atom. The third kappa shape index (κ3) is 3.48. The monoisotopic (exact) mass is 330 g/mol. The molecule has 2 fully saturated rings. The summed E-state index contributed by atoms with van der Waals surface area (Å²) in [6, 6.07) is 8.19. The molecule has 2 N–H and O–H groups in total. The van der Waals surface area contributed by atoms with Gasteiger partial charge in [-0.05, 0) is 24.3 Å². The molecule has 2 atom stereocenters. The van der Waals surface area contributed by atoms with E-state index in [1.807, 2.05) is 11.0 Å². The first-order valence-electron chi connectivity index (χ1n) is 7.73. The molecule has 8 heteroatoms. The smallest absolute Gasteiger partial charge is 0.414 e. The molecule has 2 saturated heterocycles. The van der Waals surface area contributed by atoms with Crippen LogP contribution in [0.25, 0.3) is 0 Å². The molecular formula is C16H18N4O4. The van der Waals surface area contributed by atoms with E-state index in [1.54, 1.807) is 24.3 Å². The summed E-state index contributed by atoms with van der Waals surface area (Å²) in [4.78, 5) is 26.7. The van der Waals surface area contributed by atoms with Gasteiger partial charge in [-0.3, -0.25) is 14.6 Å². The molecule has 2 heterocycles. The van der Waals surface area contributed by atoms with Crippen molar-refractivity contribution in [2.24, 2.45) is 0 Å². The van der Waals surface area contributed by atoms with Crippen molar-refractivity contribution >= 4 is 17.7 Å². The molecule has 0 aliphatic carbocycles. The van der Waals surface area contributed by atoms with Crippen LogP contribution in [0.2, 0.25) is 0 Å². The number of benzene rings is 1. The Labute approximate surface area is 139 Å². The lowest BCUT2D eigenvalue weighted by Gasteiger charge is -2.32. The second kappa shape index (κ2) is 6.86. The lowest BCUT2D eigenvalue weighted by Crippen LogP contribution is -2.55. The van der Waals surface area contributed by atoms with Gasteiger partial charge in [0.15, 0.2) is 0 Å². The summed E-state index contributed by atoms with van der Waals surface area (Å²) < 4.78 is 5.40. The van der Waals surface area contributed by atoms with Crippen LogP contribution in [-0.2, 0) is 9.53 Å². The number of cyclic esters (lactones) is 1. The number of carboxylic acid groups (broad SMARTS) is 1. The van der Waals surface area contributed by atoms with Crippen LogP contribution in [0.15, 0.2) is 24.3 Å². The van der Waals surface area contributed by atoms with Crippen LogP contribution in [0.5, 0.6) is 0 Å². The molecule has 126 valence electrons. The van der Waals surface area contributed by atoms with E-state index in [0.29, 0.717) is 44.0 Å². The Morgan fingerprint density at radius 2 is 2.12 bits per heavy atom. The average molecular weight is 330 g/mol. The fraction of sp³-hybridized carbons (Fsp3) is 0.438. The zero-order chi connectivity index (χ0) is 17.1. The molecule has 1 aromatic rings. The SMILES string of the molecule is N#Cc1ccc(N2CC(CN3CCNC(C(=O)O)C3)OC2=O)cc1. The van der Waals surface area contributed by atoms with E-state index in [0.717, 1.165) is 0 Å². The Morgan fingerprint density at radius 1 is 1.38 bits per heavy atom. The molecule has 8 nitrogen and oxygen atoms in total. The number of carbonyl (C=O) groups excluding carboxylic acids is 1. The minimum absolute atomic E-state index is 0.305. The highest BCUT2D eigenvalue weighted by Gasteiger charge is 2.35. The van der Waals surface area contributed by atoms with Crippen molar-refractivity contribution in [2.75, 3.05) is 37.6 Å². The van der Waals surface area contributed by atoms with Crippen molar-refractivity contribution in [1.82, 2.24) is 10.2 Å². The summed E-state index contributed by atoms with van der Waals surface area (Å²) in [6.07, 6.45) is -0.727. The maximum Gasteiger partial charge on any atom is 0.414 e. The van der Waals surface area contributed by atoms with Crippen LogP contribution in [0.4, 0.5) is 10.5 Å². The number of anilines is 1. The topological polar surface area (TPSA) is 106 Å². The van der Waals surface area contributed by atoms with E-state index in [2.05, 4.69) is 5.32 Å². The minimum Gasteiger partial charge on any atom is -0.480 e. The number of nitrogens with one attached hydrogen (secondary N) is 1. The van der Waals surface area contributed by atoms with E-state index < -0.39 is 18.1 Å². The van der Waals surface area contributed by atoms with Crippen molar-refractivity contribution in [3.8, 4) is 6.07 Å². The first-order chi connectivity index (χ1) is 11.6. The molecule has 1 amide bonds. The Bertz CT molecular complexity index is 670. The quantitative estimate of drug-likeness (QED) is 0.814. The molecule has 0 saturated carbocycles. The van der Waals surface area contributed by atoms with Gasteiger partial charge in [-0.25, -0.2) is 4.79 Å². The Balaban J connectivity index is 1.60. The molecule has 0 bridgehead atoms. The second-order valence-corrected chi connectivity index (χ2v) is 5.88. The first kappa shape index (κ1) is 16.2. The minimum atomic E-state index is -0.873. The van der Waals surface area contributed by atoms with Gasteiger partial charge < -0.3 is 15.2 Å². The molecule has 0 aromatic heterocycles. The standard InChI is InChI=1S/C16H18N4O4/c17-7-11-1-3-12(4-2-11)20-9-13(24-16(20)23)8-19-6-5-18-14(10-19)15(21)22/h1-4,13-14,18H,5-6,8-10H2,(H,21,22). The Kier molecular flexibility index (Phi) is 4.64. The fourth-order valence-corrected chi connectivity index (χ4v) is 2.97. The largest absolute Gasteiger partial charge is 0.480 e. The molecule has 24 heavy (non-hydrogen) atoms. The van der Waals surface area contributed by atoms with Crippen LogP contribution >= 0.6 is 0 Å². The van der Waals surface area contributed by atoms with Gasteiger partial charge in [0.05, 0.1) is 18.2 Å². The van der Waals surface area contributed by atoms with Gasteiger partial charge in [0.2, 0.25) is 0 Å². The third-order valence-electron chi connectivity index (χ3n) is 4.20. The number of carbonyl (C=O) groups is 2. The number of hydrogen-bond acceptors (Lipinski definition) is 6. The van der Waals surface area contributed by atoms with Crippen molar-refractivity contribution in [1.29, 1.82) is 5.26 Å². The highest BCUT2D eigenvalue weighted by atomic mass is 16.6. The predicted octanol–water partition coefficient (Wildman–Crippen LogP) is 0.242. The number of nitriles is 1. The number of ether oxygens (including phenoxy) is 1. The van der Waals surface area contributed by atoms with Crippen molar-refractivity contribution in [2.45, 2.75) is 12.1 Å². The highest BCUT2D eigenvalue weighted by Crippen LogP contribution is 2.22. The van der Waals surface area contributed by atoms with E-state index in [-0.39, 0.29) is 6.10 Å². The van der Waals surface area contributed by atoms with Gasteiger partial charge in [0.1, 0.15) is 12.1 Å². The normalized spacial score (nSPS) is 24.5. The van der Waals surface area contributed by atoms with Gasteiger partial charge in [-0.2, -0.15) is 5.26 Å². The van der Waals surface area contributed by atoms with Crippen LogP contribution in [-0.4, -0.2) is 66.9 Å². The maximum atomic E-state index is 12.1. The van der Waals surface area contributed by atoms with Gasteiger partial charge in [0, 0.05) is 31.9 Å². The molecule has 0 spiro atoms. The van der Waals surface area contributed by atoms with Gasteiger partial charge in [-0.15, -0.1) is 0 Å². The molecule has 1 aromatic carbocycles. The second-order valence-electron chi connectivity index (χ2n) is 5.88. The lowest BCUT2D eigenvalue weighted by atomic mass is 10.2. The van der Waals surface area contributed by atoms with Crippen LogP contribution in [0, 0.1) is 11.3 Å². The molecule has 2 aliphatic heterocycles. The van der Waals surface area contributed by atoms with Gasteiger partial charge in [0.25, 0.3) is 0 Å². The number of carboxylic acids is 1. The van der Waals surface area contributed by atoms with E-state index in [1.165, 1.54) is 4.90 Å². The summed E-state index contributed by atoms with van der Waals surface area (Å²) in [7, 11) is 0. The number of hydrogen-bond donors (Lipinski definition) is 2.